The van der Waals surface area contributed by atoms with Crippen molar-refractivity contribution in [3.05, 3.63) is 34.9 Å². The molecule has 0 atom stereocenters. The van der Waals surface area contributed by atoms with E-state index in [0.29, 0.717) is 5.92 Å². The molecular formula is C14H14ClFN4O2. The molecule has 0 unspecified atom stereocenters. The SMILES string of the molecule is O=C(COc1ccc(F)cc1Cl)Nc1n[nH]c(C2CCC2)n1. The number of nitrogens with zero attached hydrogens (tertiary/aromatic N) is 2. The van der Waals surface area contributed by atoms with Gasteiger partial charge in [-0.05, 0) is 31.0 Å². The zero-order valence-corrected chi connectivity index (χ0v) is 12.4. The van der Waals surface area contributed by atoms with Crippen molar-refractivity contribution < 1.29 is 13.9 Å². The van der Waals surface area contributed by atoms with Crippen molar-refractivity contribution in [1.82, 2.24) is 15.2 Å². The molecule has 1 aromatic heterocycles. The van der Waals surface area contributed by atoms with Crippen molar-refractivity contribution in [3.8, 4) is 5.75 Å². The van der Waals surface area contributed by atoms with Gasteiger partial charge in [0.25, 0.3) is 5.91 Å². The van der Waals surface area contributed by atoms with Gasteiger partial charge >= 0.3 is 0 Å². The summed E-state index contributed by atoms with van der Waals surface area (Å²) in [6.45, 7) is -0.265. The van der Waals surface area contributed by atoms with Gasteiger partial charge in [-0.25, -0.2) is 4.39 Å². The third kappa shape index (κ3) is 3.36. The van der Waals surface area contributed by atoms with Crippen LogP contribution in [-0.2, 0) is 4.79 Å². The van der Waals surface area contributed by atoms with Crippen LogP contribution in [0.3, 0.4) is 0 Å². The van der Waals surface area contributed by atoms with Crippen LogP contribution in [-0.4, -0.2) is 27.7 Å². The summed E-state index contributed by atoms with van der Waals surface area (Å²) in [5.41, 5.74) is 0. The van der Waals surface area contributed by atoms with E-state index in [2.05, 4.69) is 20.5 Å². The van der Waals surface area contributed by atoms with E-state index in [0.717, 1.165) is 24.7 Å². The first-order valence-corrected chi connectivity index (χ1v) is 7.29. The lowest BCUT2D eigenvalue weighted by Gasteiger charge is -2.22. The quantitative estimate of drug-likeness (QED) is 0.886. The Morgan fingerprint density at radius 3 is 3.00 bits per heavy atom. The summed E-state index contributed by atoms with van der Waals surface area (Å²) in [7, 11) is 0. The minimum atomic E-state index is -0.467. The van der Waals surface area contributed by atoms with Crippen molar-refractivity contribution in [2.75, 3.05) is 11.9 Å². The first-order valence-electron chi connectivity index (χ1n) is 6.92. The van der Waals surface area contributed by atoms with E-state index in [1.807, 2.05) is 0 Å². The number of rotatable bonds is 5. The Hall–Kier alpha value is -2.15. The fourth-order valence-electron chi connectivity index (χ4n) is 2.09. The largest absolute Gasteiger partial charge is 0.482 e. The van der Waals surface area contributed by atoms with Gasteiger partial charge in [0.2, 0.25) is 5.95 Å². The Kier molecular flexibility index (Phi) is 4.24. The Labute approximate surface area is 131 Å². The van der Waals surface area contributed by atoms with Gasteiger partial charge in [-0.3, -0.25) is 15.2 Å². The number of carbonyl (C=O) groups is 1. The molecule has 1 amide bonds. The Morgan fingerprint density at radius 1 is 1.50 bits per heavy atom. The zero-order chi connectivity index (χ0) is 15.5. The molecule has 8 heteroatoms. The Bertz CT molecular complexity index is 687. The maximum Gasteiger partial charge on any atom is 0.264 e. The molecule has 1 aliphatic rings. The number of halogens is 2. The molecule has 0 spiro atoms. The highest BCUT2D eigenvalue weighted by Gasteiger charge is 2.23. The summed E-state index contributed by atoms with van der Waals surface area (Å²) in [5, 5.41) is 9.41. The Morgan fingerprint density at radius 2 is 2.32 bits per heavy atom. The molecule has 1 fully saturated rings. The average molecular weight is 325 g/mol. The molecule has 3 rings (SSSR count). The number of aromatic nitrogens is 3. The highest BCUT2D eigenvalue weighted by Crippen LogP contribution is 2.34. The molecule has 2 N–H and O–H groups in total. The molecule has 0 saturated heterocycles. The topological polar surface area (TPSA) is 79.9 Å². The summed E-state index contributed by atoms with van der Waals surface area (Å²) in [5.74, 6) is 0.783. The van der Waals surface area contributed by atoms with E-state index in [-0.39, 0.29) is 23.3 Å². The molecule has 0 bridgehead atoms. The third-order valence-electron chi connectivity index (χ3n) is 3.50. The van der Waals surface area contributed by atoms with Gasteiger partial charge in [-0.1, -0.05) is 18.0 Å². The van der Waals surface area contributed by atoms with Crippen LogP contribution in [0.2, 0.25) is 5.02 Å². The maximum absolute atomic E-state index is 12.9. The van der Waals surface area contributed by atoms with Gasteiger partial charge in [0.15, 0.2) is 6.61 Å². The highest BCUT2D eigenvalue weighted by atomic mass is 35.5. The number of hydrogen-bond acceptors (Lipinski definition) is 4. The predicted octanol–water partition coefficient (Wildman–Crippen LogP) is 2.88. The fourth-order valence-corrected chi connectivity index (χ4v) is 2.31. The van der Waals surface area contributed by atoms with E-state index in [1.165, 1.54) is 18.6 Å². The maximum atomic E-state index is 12.9. The number of hydrogen-bond donors (Lipinski definition) is 2. The molecule has 22 heavy (non-hydrogen) atoms. The third-order valence-corrected chi connectivity index (χ3v) is 3.79. The lowest BCUT2D eigenvalue weighted by atomic mass is 9.85. The number of nitrogens with one attached hydrogen (secondary N) is 2. The van der Waals surface area contributed by atoms with Crippen molar-refractivity contribution in [2.45, 2.75) is 25.2 Å². The predicted molar refractivity (Wildman–Crippen MR) is 78.5 cm³/mol. The summed E-state index contributed by atoms with van der Waals surface area (Å²) in [6, 6.07) is 3.70. The number of carbonyl (C=O) groups excluding carboxylic acids is 1. The number of anilines is 1. The van der Waals surface area contributed by atoms with E-state index < -0.39 is 11.7 Å². The van der Waals surface area contributed by atoms with Crippen LogP contribution in [0.1, 0.15) is 31.0 Å². The highest BCUT2D eigenvalue weighted by molar-refractivity contribution is 6.32. The molecule has 1 saturated carbocycles. The van der Waals surface area contributed by atoms with Crippen LogP contribution in [0.5, 0.6) is 5.75 Å². The monoisotopic (exact) mass is 324 g/mol. The van der Waals surface area contributed by atoms with E-state index in [4.69, 9.17) is 16.3 Å². The molecule has 1 aliphatic carbocycles. The second-order valence-electron chi connectivity index (χ2n) is 5.08. The van der Waals surface area contributed by atoms with Crippen molar-refractivity contribution >= 4 is 23.5 Å². The minimum absolute atomic E-state index is 0.109. The number of H-pyrrole nitrogens is 1. The van der Waals surface area contributed by atoms with Gasteiger partial charge in [0.05, 0.1) is 5.02 Å². The first kappa shape index (κ1) is 14.8. The van der Waals surface area contributed by atoms with Gasteiger partial charge in [-0.2, -0.15) is 4.98 Å². The zero-order valence-electron chi connectivity index (χ0n) is 11.6. The normalized spacial score (nSPS) is 14.5. The van der Waals surface area contributed by atoms with E-state index in [9.17, 15) is 9.18 Å². The second-order valence-corrected chi connectivity index (χ2v) is 5.49. The van der Waals surface area contributed by atoms with Gasteiger partial charge < -0.3 is 4.74 Å². The number of amides is 1. The van der Waals surface area contributed by atoms with Crippen LogP contribution in [0.4, 0.5) is 10.3 Å². The Balaban J connectivity index is 1.52. The van der Waals surface area contributed by atoms with Crippen LogP contribution >= 0.6 is 11.6 Å². The number of aromatic amines is 1. The summed E-state index contributed by atoms with van der Waals surface area (Å²) < 4.78 is 18.1. The average Bonchev–Trinajstić information content (AvgIpc) is 2.83. The lowest BCUT2D eigenvalue weighted by molar-refractivity contribution is -0.118. The first-order chi connectivity index (χ1) is 10.6. The standard InChI is InChI=1S/C14H14ClFN4O2/c15-10-6-9(16)4-5-11(10)22-7-12(21)17-14-18-13(19-20-14)8-2-1-3-8/h4-6,8H,1-3,7H2,(H2,17,18,19,20,21). The van der Waals surface area contributed by atoms with Crippen LogP contribution in [0, 0.1) is 5.82 Å². The summed E-state index contributed by atoms with van der Waals surface area (Å²) in [4.78, 5) is 16.0. The molecule has 0 aliphatic heterocycles. The van der Waals surface area contributed by atoms with Crippen molar-refractivity contribution in [2.24, 2.45) is 0 Å². The van der Waals surface area contributed by atoms with Gasteiger partial charge in [0, 0.05) is 5.92 Å². The van der Waals surface area contributed by atoms with Crippen LogP contribution in [0.25, 0.3) is 0 Å². The fraction of sp³-hybridized carbons (Fsp3) is 0.357. The number of ether oxygens (including phenoxy) is 1. The second kappa shape index (κ2) is 6.31. The molecular weight excluding hydrogens is 311 g/mol. The minimum Gasteiger partial charge on any atom is -0.482 e. The molecule has 116 valence electrons. The van der Waals surface area contributed by atoms with Crippen LogP contribution < -0.4 is 10.1 Å². The number of benzene rings is 1. The molecule has 1 aromatic carbocycles. The van der Waals surface area contributed by atoms with Gasteiger partial charge in [0.1, 0.15) is 17.4 Å². The van der Waals surface area contributed by atoms with Crippen LogP contribution in [0.15, 0.2) is 18.2 Å². The van der Waals surface area contributed by atoms with E-state index >= 15 is 0 Å². The van der Waals surface area contributed by atoms with Gasteiger partial charge in [-0.15, -0.1) is 5.10 Å². The molecule has 1 heterocycles. The molecule has 0 radical (unpaired) electrons. The summed E-state index contributed by atoms with van der Waals surface area (Å²) in [6.07, 6.45) is 3.38. The molecule has 2 aromatic rings. The van der Waals surface area contributed by atoms with Crippen molar-refractivity contribution in [3.63, 3.8) is 0 Å². The summed E-state index contributed by atoms with van der Waals surface area (Å²) >= 11 is 5.81. The lowest BCUT2D eigenvalue weighted by Crippen LogP contribution is -2.21. The van der Waals surface area contributed by atoms with Crippen molar-refractivity contribution in [1.29, 1.82) is 0 Å². The molecule has 6 nitrogen and oxygen atoms in total. The van der Waals surface area contributed by atoms with E-state index in [1.54, 1.807) is 0 Å². The smallest absolute Gasteiger partial charge is 0.264 e.